The maximum atomic E-state index is 12.8. The Kier molecular flexibility index (Phi) is 8.62. The van der Waals surface area contributed by atoms with Gasteiger partial charge in [0.1, 0.15) is 11.4 Å². The minimum Gasteiger partial charge on any atom is -0.477 e. The van der Waals surface area contributed by atoms with Crippen molar-refractivity contribution >= 4 is 34.1 Å². The van der Waals surface area contributed by atoms with Gasteiger partial charge in [0.25, 0.3) is 5.56 Å². The lowest BCUT2D eigenvalue weighted by atomic mass is 10.1. The summed E-state index contributed by atoms with van der Waals surface area (Å²) in [6.07, 6.45) is 5.97. The second-order valence-electron chi connectivity index (χ2n) is 12.2. The molecular formula is C34H40N6O5. The molecule has 11 heteroatoms. The van der Waals surface area contributed by atoms with Gasteiger partial charge in [-0.05, 0) is 87.0 Å². The van der Waals surface area contributed by atoms with Crippen LogP contribution in [-0.2, 0) is 13.0 Å². The van der Waals surface area contributed by atoms with Crippen LogP contribution in [0.15, 0.2) is 63.0 Å². The molecule has 0 amide bonds. The van der Waals surface area contributed by atoms with Gasteiger partial charge in [-0.1, -0.05) is 13.0 Å². The van der Waals surface area contributed by atoms with E-state index in [1.54, 1.807) is 6.07 Å². The molecular weight excluding hydrogens is 572 g/mol. The molecule has 2 aliphatic rings. The van der Waals surface area contributed by atoms with Gasteiger partial charge in [0, 0.05) is 67.8 Å². The van der Waals surface area contributed by atoms with E-state index in [9.17, 15) is 24.3 Å². The number of carboxylic acid groups (broad SMARTS) is 1. The van der Waals surface area contributed by atoms with Crippen molar-refractivity contribution in [3.63, 3.8) is 0 Å². The van der Waals surface area contributed by atoms with Crippen LogP contribution >= 0.6 is 0 Å². The van der Waals surface area contributed by atoms with Crippen molar-refractivity contribution < 1.29 is 9.90 Å². The molecule has 1 saturated heterocycles. The third-order valence-electron chi connectivity index (χ3n) is 9.06. The van der Waals surface area contributed by atoms with Crippen LogP contribution in [0, 0.1) is 6.92 Å². The molecule has 6 rings (SSSR count). The molecule has 3 N–H and O–H groups in total. The summed E-state index contributed by atoms with van der Waals surface area (Å²) in [5.41, 5.74) is 3.73. The highest BCUT2D eigenvalue weighted by Gasteiger charge is 2.27. The number of carboxylic acids is 1. The average molecular weight is 613 g/mol. The fourth-order valence-corrected chi connectivity index (χ4v) is 6.26. The third kappa shape index (κ3) is 6.58. The molecule has 236 valence electrons. The maximum absolute atomic E-state index is 12.8. The van der Waals surface area contributed by atoms with E-state index >= 15 is 0 Å². The first-order valence-electron chi connectivity index (χ1n) is 15.8. The van der Waals surface area contributed by atoms with Gasteiger partial charge >= 0.3 is 11.7 Å². The number of fused-ring (bicyclic) bond motifs is 1. The number of unbranched alkanes of at least 4 members (excludes halogenated alkanes) is 1. The van der Waals surface area contributed by atoms with E-state index in [2.05, 4.69) is 33.9 Å². The number of aromatic amines is 1. The number of anilines is 3. The number of piperazine rings is 1. The van der Waals surface area contributed by atoms with Crippen LogP contribution < -0.4 is 26.9 Å². The van der Waals surface area contributed by atoms with Crippen LogP contribution in [0.25, 0.3) is 10.9 Å². The maximum Gasteiger partial charge on any atom is 0.341 e. The molecule has 2 fully saturated rings. The third-order valence-corrected chi connectivity index (χ3v) is 9.06. The minimum absolute atomic E-state index is 0.178. The SMILES string of the molecule is CCc1cc(Nc2cc(=O)n(CCCCN3CCN(c4ccc5c(=O)c(C(=O)O)cn(C6CC6)c5c4)CC3)c(=O)[nH]2)ccc1C. The molecule has 2 aromatic carbocycles. The van der Waals surface area contributed by atoms with Crippen molar-refractivity contribution in [3.8, 4) is 0 Å². The molecule has 4 aromatic rings. The van der Waals surface area contributed by atoms with Crippen molar-refractivity contribution in [1.29, 1.82) is 0 Å². The molecule has 11 nitrogen and oxygen atoms in total. The Morgan fingerprint density at radius 2 is 1.73 bits per heavy atom. The standard InChI is InChI=1S/C34H40N6O5/c1-3-23-18-24(7-6-22(23)2)35-30-20-31(41)39(34(45)36-30)13-5-4-12-37-14-16-38(17-15-37)26-10-11-27-29(19-26)40(25-8-9-25)21-28(32(27)42)33(43)44/h6-7,10-11,18-21,25,35H,3-5,8-9,12-17H2,1-2H3,(H,36,45)(H,43,44). The molecule has 0 spiro atoms. The van der Waals surface area contributed by atoms with Gasteiger partial charge in [-0.15, -0.1) is 0 Å². The highest BCUT2D eigenvalue weighted by Crippen LogP contribution is 2.37. The number of benzene rings is 2. The summed E-state index contributed by atoms with van der Waals surface area (Å²) >= 11 is 0. The number of rotatable bonds is 11. The number of aryl methyl sites for hydroxylation is 2. The van der Waals surface area contributed by atoms with E-state index in [0.29, 0.717) is 17.7 Å². The Labute approximate surface area is 260 Å². The molecule has 1 aliphatic heterocycles. The first-order chi connectivity index (χ1) is 21.7. The lowest BCUT2D eigenvalue weighted by Gasteiger charge is -2.36. The molecule has 0 unspecified atom stereocenters. The van der Waals surface area contributed by atoms with Gasteiger partial charge < -0.3 is 19.9 Å². The first kappa shape index (κ1) is 30.4. The summed E-state index contributed by atoms with van der Waals surface area (Å²) in [6, 6.07) is 13.4. The largest absolute Gasteiger partial charge is 0.477 e. The van der Waals surface area contributed by atoms with E-state index in [-0.39, 0.29) is 17.2 Å². The number of nitrogens with zero attached hydrogens (tertiary/aromatic N) is 4. The second kappa shape index (κ2) is 12.8. The van der Waals surface area contributed by atoms with Gasteiger partial charge in [0.2, 0.25) is 5.43 Å². The molecule has 1 saturated carbocycles. The van der Waals surface area contributed by atoms with Crippen molar-refractivity contribution in [1.82, 2.24) is 19.0 Å². The van der Waals surface area contributed by atoms with E-state index in [1.165, 1.54) is 28.0 Å². The zero-order valence-corrected chi connectivity index (χ0v) is 25.8. The zero-order chi connectivity index (χ0) is 31.7. The van der Waals surface area contributed by atoms with Crippen molar-refractivity contribution in [2.75, 3.05) is 42.9 Å². The van der Waals surface area contributed by atoms with Crippen LogP contribution in [0.3, 0.4) is 0 Å². The Balaban J connectivity index is 1.02. The molecule has 0 radical (unpaired) electrons. The van der Waals surface area contributed by atoms with E-state index < -0.39 is 17.1 Å². The van der Waals surface area contributed by atoms with Crippen LogP contribution in [0.4, 0.5) is 17.2 Å². The molecule has 3 heterocycles. The predicted molar refractivity (Wildman–Crippen MR) is 176 cm³/mol. The normalized spacial score (nSPS) is 15.5. The summed E-state index contributed by atoms with van der Waals surface area (Å²) in [7, 11) is 0. The number of hydrogen-bond donors (Lipinski definition) is 3. The summed E-state index contributed by atoms with van der Waals surface area (Å²) in [5, 5.41) is 13.1. The van der Waals surface area contributed by atoms with Crippen LogP contribution in [0.5, 0.6) is 0 Å². The molecule has 45 heavy (non-hydrogen) atoms. The topological polar surface area (TPSA) is 133 Å². The molecule has 0 bridgehead atoms. The Morgan fingerprint density at radius 1 is 0.978 bits per heavy atom. The highest BCUT2D eigenvalue weighted by atomic mass is 16.4. The fraction of sp³-hybridized carbons (Fsp3) is 0.412. The number of hydrogen-bond acceptors (Lipinski definition) is 7. The highest BCUT2D eigenvalue weighted by molar-refractivity contribution is 5.93. The first-order valence-corrected chi connectivity index (χ1v) is 15.8. The number of aromatic carboxylic acids is 1. The molecule has 0 atom stereocenters. The van der Waals surface area contributed by atoms with Crippen LogP contribution in [-0.4, -0.2) is 62.8 Å². The van der Waals surface area contributed by atoms with Crippen molar-refractivity contribution in [2.45, 2.75) is 58.5 Å². The number of pyridine rings is 1. The zero-order valence-electron chi connectivity index (χ0n) is 25.8. The minimum atomic E-state index is -1.19. The second-order valence-corrected chi connectivity index (χ2v) is 12.2. The van der Waals surface area contributed by atoms with Gasteiger partial charge in [0.15, 0.2) is 0 Å². The van der Waals surface area contributed by atoms with E-state index in [1.807, 2.05) is 34.9 Å². The van der Waals surface area contributed by atoms with E-state index in [0.717, 1.165) is 81.7 Å². The van der Waals surface area contributed by atoms with Gasteiger partial charge in [-0.25, -0.2) is 9.59 Å². The average Bonchev–Trinajstić information content (AvgIpc) is 3.87. The summed E-state index contributed by atoms with van der Waals surface area (Å²) < 4.78 is 3.22. The van der Waals surface area contributed by atoms with Gasteiger partial charge in [0.05, 0.1) is 5.52 Å². The number of nitrogens with one attached hydrogen (secondary N) is 2. The Hall–Kier alpha value is -4.64. The fourth-order valence-electron chi connectivity index (χ4n) is 6.26. The lowest BCUT2D eigenvalue weighted by Crippen LogP contribution is -2.46. The lowest BCUT2D eigenvalue weighted by molar-refractivity contribution is 0.0695. The number of carbonyl (C=O) groups is 1. The summed E-state index contributed by atoms with van der Waals surface area (Å²) in [6.45, 7) is 8.83. The summed E-state index contributed by atoms with van der Waals surface area (Å²) in [5.74, 6) is -0.804. The van der Waals surface area contributed by atoms with Crippen molar-refractivity contribution in [3.05, 3.63) is 96.4 Å². The number of H-pyrrole nitrogens is 1. The predicted octanol–water partition coefficient (Wildman–Crippen LogP) is 4.10. The van der Waals surface area contributed by atoms with Crippen LogP contribution in [0.2, 0.25) is 0 Å². The van der Waals surface area contributed by atoms with Crippen molar-refractivity contribution in [2.24, 2.45) is 0 Å². The monoisotopic (exact) mass is 612 g/mol. The smallest absolute Gasteiger partial charge is 0.341 e. The van der Waals surface area contributed by atoms with Crippen LogP contribution in [0.1, 0.15) is 60.1 Å². The summed E-state index contributed by atoms with van der Waals surface area (Å²) in [4.78, 5) is 57.4. The van der Waals surface area contributed by atoms with Gasteiger partial charge in [-0.3, -0.25) is 24.0 Å². The number of aromatic nitrogens is 3. The molecule has 1 aliphatic carbocycles. The Morgan fingerprint density at radius 3 is 2.42 bits per heavy atom. The quantitative estimate of drug-likeness (QED) is 0.216. The molecule has 2 aromatic heterocycles. The van der Waals surface area contributed by atoms with Gasteiger partial charge in [-0.2, -0.15) is 0 Å². The van der Waals surface area contributed by atoms with E-state index in [4.69, 9.17) is 0 Å². The Bertz CT molecular complexity index is 1880.